The maximum Gasteiger partial charge on any atom is 0.306 e. The van der Waals surface area contributed by atoms with Crippen molar-refractivity contribution in [3.63, 3.8) is 0 Å². The number of hydrogen-bond donors (Lipinski definition) is 0. The number of carbonyl (C=O) groups is 1. The number of rotatable bonds is 31. The Balaban J connectivity index is 3.95. The first kappa shape index (κ1) is 36.5. The second-order valence-electron chi connectivity index (χ2n) is 12.0. The molecule has 1 unspecified atom stereocenters. The molecule has 0 saturated heterocycles. The van der Waals surface area contributed by atoms with Gasteiger partial charge in [-0.05, 0) is 25.2 Å². The smallest absolute Gasteiger partial charge is 0.306 e. The summed E-state index contributed by atoms with van der Waals surface area (Å²) >= 11 is 0. The molecule has 0 heterocycles. The van der Waals surface area contributed by atoms with Crippen LogP contribution in [0, 0.1) is 5.92 Å². The predicted molar refractivity (Wildman–Crippen MR) is 165 cm³/mol. The molecule has 1 atom stereocenters. The lowest BCUT2D eigenvalue weighted by Crippen LogP contribution is -2.13. The van der Waals surface area contributed by atoms with E-state index in [0.29, 0.717) is 18.9 Å². The van der Waals surface area contributed by atoms with Crippen molar-refractivity contribution >= 4 is 5.97 Å². The predicted octanol–water partition coefficient (Wildman–Crippen LogP) is 12.5. The van der Waals surface area contributed by atoms with E-state index in [4.69, 9.17) is 4.74 Å². The SMILES string of the molecule is CCCCCCCCCCCCCC(CCCCCCCC)CC(=O)OCCCCCCCCCCC. The van der Waals surface area contributed by atoms with Crippen molar-refractivity contribution in [2.45, 2.75) is 207 Å². The Morgan fingerprint density at radius 3 is 1.08 bits per heavy atom. The molecule has 0 aliphatic heterocycles. The van der Waals surface area contributed by atoms with E-state index in [1.807, 2.05) is 0 Å². The maximum absolute atomic E-state index is 12.5. The number of ether oxygens (including phenoxy) is 1. The van der Waals surface area contributed by atoms with Crippen LogP contribution >= 0.6 is 0 Å². The van der Waals surface area contributed by atoms with Gasteiger partial charge in [0.25, 0.3) is 0 Å². The van der Waals surface area contributed by atoms with Crippen LogP contribution in [0.15, 0.2) is 0 Å². The summed E-state index contributed by atoms with van der Waals surface area (Å²) in [6.45, 7) is 7.48. The molecule has 0 aromatic heterocycles. The lowest BCUT2D eigenvalue weighted by Gasteiger charge is -2.16. The average Bonchev–Trinajstić information content (AvgIpc) is 2.90. The molecular weight excluding hydrogens is 452 g/mol. The summed E-state index contributed by atoms with van der Waals surface area (Å²) in [5, 5.41) is 0. The third-order valence-electron chi connectivity index (χ3n) is 8.15. The van der Waals surface area contributed by atoms with Crippen molar-refractivity contribution in [2.24, 2.45) is 5.92 Å². The van der Waals surface area contributed by atoms with Crippen molar-refractivity contribution in [3.8, 4) is 0 Å². The number of unbranched alkanes of at least 4 members (excludes halogenated alkanes) is 23. The van der Waals surface area contributed by atoms with E-state index in [9.17, 15) is 4.79 Å². The fourth-order valence-electron chi connectivity index (χ4n) is 5.55. The second kappa shape index (κ2) is 31.7. The highest BCUT2D eigenvalue weighted by Gasteiger charge is 2.15. The standard InChI is InChI=1S/C35H70O2/c1-4-7-10-13-16-18-19-20-22-25-28-31-34(30-27-24-15-12-9-6-3)33-35(36)37-32-29-26-23-21-17-14-11-8-5-2/h34H,4-33H2,1-3H3. The van der Waals surface area contributed by atoms with Crippen molar-refractivity contribution in [1.29, 1.82) is 0 Å². The van der Waals surface area contributed by atoms with E-state index in [0.717, 1.165) is 6.42 Å². The largest absolute Gasteiger partial charge is 0.466 e. The molecule has 2 heteroatoms. The third-order valence-corrected chi connectivity index (χ3v) is 8.15. The average molecular weight is 523 g/mol. The van der Waals surface area contributed by atoms with Gasteiger partial charge in [-0.2, -0.15) is 0 Å². The number of hydrogen-bond acceptors (Lipinski definition) is 2. The van der Waals surface area contributed by atoms with E-state index in [-0.39, 0.29) is 5.97 Å². The Bertz CT molecular complexity index is 433. The van der Waals surface area contributed by atoms with Gasteiger partial charge in [-0.1, -0.05) is 181 Å². The van der Waals surface area contributed by atoms with Gasteiger partial charge in [0.15, 0.2) is 0 Å². The molecule has 37 heavy (non-hydrogen) atoms. The fraction of sp³-hybridized carbons (Fsp3) is 0.971. The van der Waals surface area contributed by atoms with Crippen LogP contribution < -0.4 is 0 Å². The number of carbonyl (C=O) groups excluding carboxylic acids is 1. The highest BCUT2D eigenvalue weighted by molar-refractivity contribution is 5.69. The molecule has 0 aromatic rings. The summed E-state index contributed by atoms with van der Waals surface area (Å²) in [6, 6.07) is 0. The van der Waals surface area contributed by atoms with Gasteiger partial charge in [-0.25, -0.2) is 0 Å². The van der Waals surface area contributed by atoms with Crippen LogP contribution in [0.25, 0.3) is 0 Å². The lowest BCUT2D eigenvalue weighted by atomic mass is 9.91. The molecule has 2 nitrogen and oxygen atoms in total. The molecule has 222 valence electrons. The fourth-order valence-corrected chi connectivity index (χ4v) is 5.55. The van der Waals surface area contributed by atoms with Crippen molar-refractivity contribution in [1.82, 2.24) is 0 Å². The molecule has 0 rings (SSSR count). The van der Waals surface area contributed by atoms with Crippen LogP contribution in [0.4, 0.5) is 0 Å². The van der Waals surface area contributed by atoms with Crippen molar-refractivity contribution in [2.75, 3.05) is 6.61 Å². The maximum atomic E-state index is 12.5. The zero-order valence-corrected chi connectivity index (χ0v) is 26.1. The van der Waals surface area contributed by atoms with E-state index < -0.39 is 0 Å². The number of esters is 1. The molecule has 0 bridgehead atoms. The zero-order valence-electron chi connectivity index (χ0n) is 26.1. The minimum Gasteiger partial charge on any atom is -0.466 e. The Morgan fingerprint density at radius 1 is 0.432 bits per heavy atom. The molecule has 0 radical (unpaired) electrons. The van der Waals surface area contributed by atoms with E-state index in [1.54, 1.807) is 0 Å². The third kappa shape index (κ3) is 29.9. The molecule has 0 saturated carbocycles. The monoisotopic (exact) mass is 523 g/mol. The van der Waals surface area contributed by atoms with Gasteiger partial charge >= 0.3 is 5.97 Å². The molecule has 0 aliphatic rings. The first-order chi connectivity index (χ1) is 18.2. The minimum absolute atomic E-state index is 0.0682. The van der Waals surface area contributed by atoms with Gasteiger partial charge in [0, 0.05) is 6.42 Å². The van der Waals surface area contributed by atoms with E-state index in [2.05, 4.69) is 20.8 Å². The van der Waals surface area contributed by atoms with Gasteiger partial charge in [0.1, 0.15) is 0 Å². The van der Waals surface area contributed by atoms with Crippen molar-refractivity contribution in [3.05, 3.63) is 0 Å². The Labute approximate surface area is 234 Å². The topological polar surface area (TPSA) is 26.3 Å². The van der Waals surface area contributed by atoms with Crippen LogP contribution in [0.5, 0.6) is 0 Å². The van der Waals surface area contributed by atoms with E-state index in [1.165, 1.54) is 173 Å². The Hall–Kier alpha value is -0.530. The summed E-state index contributed by atoms with van der Waals surface area (Å²) in [5.74, 6) is 0.610. The molecule has 0 amide bonds. The molecule has 0 aromatic carbocycles. The summed E-state index contributed by atoms with van der Waals surface area (Å²) in [7, 11) is 0. The summed E-state index contributed by atoms with van der Waals surface area (Å²) in [4.78, 5) is 12.5. The van der Waals surface area contributed by atoms with Gasteiger partial charge in [0.05, 0.1) is 6.61 Å². The first-order valence-electron chi connectivity index (χ1n) is 17.4. The Morgan fingerprint density at radius 2 is 0.730 bits per heavy atom. The van der Waals surface area contributed by atoms with Crippen LogP contribution in [-0.2, 0) is 9.53 Å². The Kier molecular flexibility index (Phi) is 31.2. The summed E-state index contributed by atoms with van der Waals surface area (Å²) in [6.07, 6.45) is 38.2. The van der Waals surface area contributed by atoms with Gasteiger partial charge in [-0.15, -0.1) is 0 Å². The minimum atomic E-state index is 0.0682. The van der Waals surface area contributed by atoms with E-state index >= 15 is 0 Å². The second-order valence-corrected chi connectivity index (χ2v) is 12.0. The zero-order chi connectivity index (χ0) is 27.1. The van der Waals surface area contributed by atoms with Crippen LogP contribution in [0.3, 0.4) is 0 Å². The van der Waals surface area contributed by atoms with Crippen molar-refractivity contribution < 1.29 is 9.53 Å². The summed E-state index contributed by atoms with van der Waals surface area (Å²) < 4.78 is 5.66. The summed E-state index contributed by atoms with van der Waals surface area (Å²) in [5.41, 5.74) is 0. The molecule has 0 spiro atoms. The van der Waals surface area contributed by atoms with Crippen LogP contribution in [0.2, 0.25) is 0 Å². The quantitative estimate of drug-likeness (QED) is 0.0668. The molecular formula is C35H70O2. The normalized spacial score (nSPS) is 12.2. The van der Waals surface area contributed by atoms with Crippen LogP contribution in [0.1, 0.15) is 207 Å². The van der Waals surface area contributed by atoms with Crippen LogP contribution in [-0.4, -0.2) is 12.6 Å². The first-order valence-corrected chi connectivity index (χ1v) is 17.4. The highest BCUT2D eigenvalue weighted by Crippen LogP contribution is 2.23. The molecule has 0 aliphatic carbocycles. The van der Waals surface area contributed by atoms with Gasteiger partial charge < -0.3 is 4.74 Å². The lowest BCUT2D eigenvalue weighted by molar-refractivity contribution is -0.145. The van der Waals surface area contributed by atoms with Gasteiger partial charge in [0.2, 0.25) is 0 Å². The molecule has 0 fully saturated rings. The molecule has 0 N–H and O–H groups in total. The van der Waals surface area contributed by atoms with Gasteiger partial charge in [-0.3, -0.25) is 4.79 Å². The highest BCUT2D eigenvalue weighted by atomic mass is 16.5.